The molecule has 19 heavy (non-hydrogen) atoms. The lowest BCUT2D eigenvalue weighted by Crippen LogP contribution is -2.30. The largest absolute Gasteiger partial charge is 0.494 e. The van der Waals surface area contributed by atoms with Gasteiger partial charge in [-0.05, 0) is 31.0 Å². The van der Waals surface area contributed by atoms with Crippen LogP contribution in [0.3, 0.4) is 0 Å². The number of hydrogen-bond donors (Lipinski definition) is 1. The van der Waals surface area contributed by atoms with E-state index in [0.717, 1.165) is 17.7 Å². The van der Waals surface area contributed by atoms with Gasteiger partial charge in [0.25, 0.3) is 0 Å². The van der Waals surface area contributed by atoms with Crippen LogP contribution < -0.4 is 10.1 Å². The van der Waals surface area contributed by atoms with Crippen LogP contribution in [-0.4, -0.2) is 18.8 Å². The molecule has 0 amide bonds. The van der Waals surface area contributed by atoms with Gasteiger partial charge >= 0.3 is 6.18 Å². The first-order valence-electron chi connectivity index (χ1n) is 6.42. The van der Waals surface area contributed by atoms with Gasteiger partial charge in [0, 0.05) is 12.6 Å². The van der Waals surface area contributed by atoms with Crippen LogP contribution in [0.2, 0.25) is 0 Å². The molecule has 1 rings (SSSR count). The standard InChI is InChI=1S/C14H20F3NO/c1-3-8-19-13-6-4-12(5-7-13)10-18-11(2)9-14(15,16)17/h4-7,11,18H,3,8-10H2,1-2H3. The summed E-state index contributed by atoms with van der Waals surface area (Å²) in [4.78, 5) is 0. The van der Waals surface area contributed by atoms with Gasteiger partial charge in [-0.25, -0.2) is 0 Å². The molecule has 108 valence electrons. The number of alkyl halides is 3. The molecule has 0 aliphatic heterocycles. The van der Waals surface area contributed by atoms with Crippen molar-refractivity contribution in [3.05, 3.63) is 29.8 Å². The molecule has 0 fully saturated rings. The van der Waals surface area contributed by atoms with E-state index in [-0.39, 0.29) is 0 Å². The van der Waals surface area contributed by atoms with E-state index in [9.17, 15) is 13.2 Å². The number of nitrogens with one attached hydrogen (secondary N) is 1. The molecule has 1 aromatic carbocycles. The number of ether oxygens (including phenoxy) is 1. The van der Waals surface area contributed by atoms with Gasteiger partial charge in [-0.15, -0.1) is 0 Å². The Morgan fingerprint density at radius 2 is 1.84 bits per heavy atom. The van der Waals surface area contributed by atoms with Gasteiger partial charge in [0.1, 0.15) is 5.75 Å². The minimum absolute atomic E-state index is 0.422. The minimum Gasteiger partial charge on any atom is -0.494 e. The average Bonchev–Trinajstić information content (AvgIpc) is 2.33. The Labute approximate surface area is 112 Å². The summed E-state index contributed by atoms with van der Waals surface area (Å²) in [6.07, 6.45) is -3.99. The second-order valence-corrected chi connectivity index (χ2v) is 4.59. The molecule has 1 aromatic rings. The Bertz CT molecular complexity index is 362. The summed E-state index contributed by atoms with van der Waals surface area (Å²) in [5.74, 6) is 0.786. The van der Waals surface area contributed by atoms with Crippen molar-refractivity contribution in [3.8, 4) is 5.75 Å². The van der Waals surface area contributed by atoms with Gasteiger partial charge in [-0.2, -0.15) is 13.2 Å². The SMILES string of the molecule is CCCOc1ccc(CNC(C)CC(F)(F)F)cc1. The lowest BCUT2D eigenvalue weighted by atomic mass is 10.2. The summed E-state index contributed by atoms with van der Waals surface area (Å²) < 4.78 is 41.9. The number of rotatable bonds is 7. The number of benzene rings is 1. The van der Waals surface area contributed by atoms with Crippen LogP contribution in [0.4, 0.5) is 13.2 Å². The topological polar surface area (TPSA) is 21.3 Å². The Morgan fingerprint density at radius 1 is 1.21 bits per heavy atom. The monoisotopic (exact) mass is 275 g/mol. The van der Waals surface area contributed by atoms with Gasteiger partial charge in [-0.1, -0.05) is 19.1 Å². The van der Waals surface area contributed by atoms with E-state index in [4.69, 9.17) is 4.74 Å². The maximum Gasteiger partial charge on any atom is 0.390 e. The molecule has 1 atom stereocenters. The summed E-state index contributed by atoms with van der Waals surface area (Å²) in [6.45, 7) is 4.65. The zero-order valence-electron chi connectivity index (χ0n) is 11.3. The Balaban J connectivity index is 2.37. The summed E-state index contributed by atoms with van der Waals surface area (Å²) in [5.41, 5.74) is 0.942. The van der Waals surface area contributed by atoms with Crippen molar-refractivity contribution in [2.45, 2.75) is 45.5 Å². The highest BCUT2D eigenvalue weighted by atomic mass is 19.4. The summed E-state index contributed by atoms with van der Waals surface area (Å²) in [6, 6.07) is 6.80. The van der Waals surface area contributed by atoms with Gasteiger partial charge in [0.15, 0.2) is 0 Å². The third kappa shape index (κ3) is 7.06. The molecular weight excluding hydrogens is 255 g/mol. The van der Waals surface area contributed by atoms with E-state index in [1.807, 2.05) is 31.2 Å². The predicted octanol–water partition coefficient (Wildman–Crippen LogP) is 3.91. The molecule has 0 saturated carbocycles. The summed E-state index contributed by atoms with van der Waals surface area (Å²) in [5, 5.41) is 2.86. The van der Waals surface area contributed by atoms with Crippen LogP contribution >= 0.6 is 0 Å². The van der Waals surface area contributed by atoms with Gasteiger partial charge in [-0.3, -0.25) is 0 Å². The fourth-order valence-electron chi connectivity index (χ4n) is 1.63. The second kappa shape index (κ2) is 7.38. The second-order valence-electron chi connectivity index (χ2n) is 4.59. The first kappa shape index (κ1) is 15.8. The Morgan fingerprint density at radius 3 is 2.37 bits per heavy atom. The quantitative estimate of drug-likeness (QED) is 0.814. The van der Waals surface area contributed by atoms with Crippen LogP contribution in [0.5, 0.6) is 5.75 Å². The maximum absolute atomic E-state index is 12.1. The lowest BCUT2D eigenvalue weighted by Gasteiger charge is -2.16. The summed E-state index contributed by atoms with van der Waals surface area (Å²) in [7, 11) is 0. The van der Waals surface area contributed by atoms with Crippen molar-refractivity contribution in [1.29, 1.82) is 0 Å². The Hall–Kier alpha value is -1.23. The van der Waals surface area contributed by atoms with E-state index in [2.05, 4.69) is 5.32 Å². The average molecular weight is 275 g/mol. The van der Waals surface area contributed by atoms with Gasteiger partial charge in [0.2, 0.25) is 0 Å². The fourth-order valence-corrected chi connectivity index (χ4v) is 1.63. The highest BCUT2D eigenvalue weighted by molar-refractivity contribution is 5.27. The number of halogens is 3. The molecular formula is C14H20F3NO. The summed E-state index contributed by atoms with van der Waals surface area (Å²) >= 11 is 0. The van der Waals surface area contributed by atoms with E-state index < -0.39 is 18.6 Å². The van der Waals surface area contributed by atoms with Crippen LogP contribution in [0.1, 0.15) is 32.3 Å². The zero-order valence-corrected chi connectivity index (χ0v) is 11.3. The molecule has 0 spiro atoms. The fraction of sp³-hybridized carbons (Fsp3) is 0.571. The van der Waals surface area contributed by atoms with Crippen LogP contribution in [0, 0.1) is 0 Å². The van der Waals surface area contributed by atoms with E-state index in [1.165, 1.54) is 6.92 Å². The van der Waals surface area contributed by atoms with Crippen molar-refractivity contribution in [2.24, 2.45) is 0 Å². The molecule has 5 heteroatoms. The first-order chi connectivity index (χ1) is 8.90. The Kier molecular flexibility index (Phi) is 6.15. The van der Waals surface area contributed by atoms with Crippen molar-refractivity contribution >= 4 is 0 Å². The molecule has 0 aliphatic carbocycles. The predicted molar refractivity (Wildman–Crippen MR) is 69.2 cm³/mol. The van der Waals surface area contributed by atoms with Crippen molar-refractivity contribution in [2.75, 3.05) is 6.61 Å². The molecule has 1 N–H and O–H groups in total. The maximum atomic E-state index is 12.1. The van der Waals surface area contributed by atoms with Crippen molar-refractivity contribution in [3.63, 3.8) is 0 Å². The molecule has 0 aromatic heterocycles. The molecule has 0 aliphatic rings. The van der Waals surface area contributed by atoms with E-state index in [0.29, 0.717) is 13.2 Å². The zero-order chi connectivity index (χ0) is 14.3. The third-order valence-electron chi connectivity index (χ3n) is 2.59. The minimum atomic E-state index is -4.12. The highest BCUT2D eigenvalue weighted by Gasteiger charge is 2.29. The van der Waals surface area contributed by atoms with Crippen LogP contribution in [0.15, 0.2) is 24.3 Å². The van der Waals surface area contributed by atoms with Crippen LogP contribution in [0.25, 0.3) is 0 Å². The third-order valence-corrected chi connectivity index (χ3v) is 2.59. The molecule has 0 radical (unpaired) electrons. The molecule has 1 unspecified atom stereocenters. The molecule has 0 bridgehead atoms. The van der Waals surface area contributed by atoms with E-state index >= 15 is 0 Å². The number of hydrogen-bond acceptors (Lipinski definition) is 2. The highest BCUT2D eigenvalue weighted by Crippen LogP contribution is 2.21. The molecule has 0 heterocycles. The normalized spacial score (nSPS) is 13.3. The van der Waals surface area contributed by atoms with Crippen molar-refractivity contribution < 1.29 is 17.9 Å². The van der Waals surface area contributed by atoms with E-state index in [1.54, 1.807) is 0 Å². The van der Waals surface area contributed by atoms with Gasteiger partial charge < -0.3 is 10.1 Å². The van der Waals surface area contributed by atoms with Crippen molar-refractivity contribution in [1.82, 2.24) is 5.32 Å². The smallest absolute Gasteiger partial charge is 0.390 e. The molecule has 0 saturated heterocycles. The lowest BCUT2D eigenvalue weighted by molar-refractivity contribution is -0.139. The van der Waals surface area contributed by atoms with Gasteiger partial charge in [0.05, 0.1) is 13.0 Å². The molecule has 2 nitrogen and oxygen atoms in total. The first-order valence-corrected chi connectivity index (χ1v) is 6.42. The van der Waals surface area contributed by atoms with Crippen LogP contribution in [-0.2, 0) is 6.54 Å².